The van der Waals surface area contributed by atoms with Crippen molar-refractivity contribution in [2.45, 2.75) is 38.3 Å². The molecule has 1 aliphatic rings. The van der Waals surface area contributed by atoms with Crippen molar-refractivity contribution < 1.29 is 4.39 Å². The SMILES string of the molecule is NNC(=NCc1ccc(F)c(Cl)c1)NC1CCCC1. The highest BCUT2D eigenvalue weighted by Gasteiger charge is 2.15. The molecule has 0 spiro atoms. The molecule has 104 valence electrons. The molecule has 1 aromatic carbocycles. The summed E-state index contributed by atoms with van der Waals surface area (Å²) in [6.07, 6.45) is 4.76. The summed E-state index contributed by atoms with van der Waals surface area (Å²) in [6, 6.07) is 5.01. The number of nitrogens with one attached hydrogen (secondary N) is 2. The maximum atomic E-state index is 13.0. The van der Waals surface area contributed by atoms with Gasteiger partial charge in [-0.1, -0.05) is 30.5 Å². The zero-order chi connectivity index (χ0) is 13.7. The smallest absolute Gasteiger partial charge is 0.206 e. The third-order valence-electron chi connectivity index (χ3n) is 3.24. The summed E-state index contributed by atoms with van der Waals surface area (Å²) >= 11 is 5.72. The lowest BCUT2D eigenvalue weighted by Gasteiger charge is -2.15. The molecule has 0 bridgehead atoms. The van der Waals surface area contributed by atoms with Crippen LogP contribution in [0.15, 0.2) is 23.2 Å². The zero-order valence-electron chi connectivity index (χ0n) is 10.6. The van der Waals surface area contributed by atoms with Crippen LogP contribution in [0.1, 0.15) is 31.2 Å². The van der Waals surface area contributed by atoms with E-state index < -0.39 is 5.82 Å². The Kier molecular flexibility index (Phi) is 4.99. The quantitative estimate of drug-likeness (QED) is 0.345. The monoisotopic (exact) mass is 284 g/mol. The summed E-state index contributed by atoms with van der Waals surface area (Å²) < 4.78 is 13.0. The zero-order valence-corrected chi connectivity index (χ0v) is 11.4. The molecular formula is C13H18ClFN4. The van der Waals surface area contributed by atoms with Gasteiger partial charge in [0.15, 0.2) is 0 Å². The second-order valence-electron chi connectivity index (χ2n) is 4.68. The van der Waals surface area contributed by atoms with Crippen LogP contribution in [0.25, 0.3) is 0 Å². The molecule has 1 saturated carbocycles. The van der Waals surface area contributed by atoms with Gasteiger partial charge in [-0.15, -0.1) is 0 Å². The highest BCUT2D eigenvalue weighted by atomic mass is 35.5. The molecule has 0 radical (unpaired) electrons. The highest BCUT2D eigenvalue weighted by Crippen LogP contribution is 2.18. The molecule has 4 N–H and O–H groups in total. The van der Waals surface area contributed by atoms with E-state index in [0.717, 1.165) is 18.4 Å². The number of hydrazine groups is 1. The van der Waals surface area contributed by atoms with Gasteiger partial charge in [-0.3, -0.25) is 5.43 Å². The first-order valence-electron chi connectivity index (χ1n) is 6.40. The van der Waals surface area contributed by atoms with Crippen LogP contribution in [-0.4, -0.2) is 12.0 Å². The molecule has 0 heterocycles. The van der Waals surface area contributed by atoms with E-state index in [1.165, 1.54) is 18.9 Å². The van der Waals surface area contributed by atoms with E-state index in [1.54, 1.807) is 12.1 Å². The van der Waals surface area contributed by atoms with Gasteiger partial charge < -0.3 is 5.32 Å². The number of nitrogens with zero attached hydrogens (tertiary/aromatic N) is 1. The van der Waals surface area contributed by atoms with E-state index in [2.05, 4.69) is 15.7 Å². The van der Waals surface area contributed by atoms with Crippen molar-refractivity contribution in [2.75, 3.05) is 0 Å². The van der Waals surface area contributed by atoms with Crippen LogP contribution >= 0.6 is 11.6 Å². The molecule has 1 aromatic rings. The third kappa shape index (κ3) is 4.08. The first kappa shape index (κ1) is 14.1. The summed E-state index contributed by atoms with van der Waals surface area (Å²) in [7, 11) is 0. The largest absolute Gasteiger partial charge is 0.353 e. The van der Waals surface area contributed by atoms with E-state index in [4.69, 9.17) is 17.4 Å². The van der Waals surface area contributed by atoms with Crippen molar-refractivity contribution in [1.82, 2.24) is 10.7 Å². The summed E-state index contributed by atoms with van der Waals surface area (Å²) in [5.74, 6) is 5.58. The van der Waals surface area contributed by atoms with Crippen LogP contribution in [0.5, 0.6) is 0 Å². The Hall–Kier alpha value is -1.33. The average molecular weight is 285 g/mol. The average Bonchev–Trinajstić information content (AvgIpc) is 2.91. The summed E-state index contributed by atoms with van der Waals surface area (Å²) in [4.78, 5) is 4.34. The molecular weight excluding hydrogens is 267 g/mol. The Balaban J connectivity index is 1.95. The molecule has 0 atom stereocenters. The Morgan fingerprint density at radius 3 is 2.79 bits per heavy atom. The Morgan fingerprint density at radius 1 is 1.42 bits per heavy atom. The van der Waals surface area contributed by atoms with Gasteiger partial charge >= 0.3 is 0 Å². The fraction of sp³-hybridized carbons (Fsp3) is 0.462. The summed E-state index contributed by atoms with van der Waals surface area (Å²) in [5.41, 5.74) is 3.40. The molecule has 0 aromatic heterocycles. The van der Waals surface area contributed by atoms with Crippen LogP contribution in [0.3, 0.4) is 0 Å². The van der Waals surface area contributed by atoms with Crippen molar-refractivity contribution in [3.05, 3.63) is 34.6 Å². The molecule has 0 saturated heterocycles. The van der Waals surface area contributed by atoms with E-state index in [0.29, 0.717) is 18.5 Å². The van der Waals surface area contributed by atoms with Crippen LogP contribution in [0.2, 0.25) is 5.02 Å². The lowest BCUT2D eigenvalue weighted by molar-refractivity contribution is 0.614. The molecule has 1 aliphatic carbocycles. The van der Waals surface area contributed by atoms with Gasteiger partial charge in [0, 0.05) is 6.04 Å². The van der Waals surface area contributed by atoms with Crippen LogP contribution in [0.4, 0.5) is 4.39 Å². The lowest BCUT2D eigenvalue weighted by Crippen LogP contribution is -2.45. The number of hydrogen-bond donors (Lipinski definition) is 3. The van der Waals surface area contributed by atoms with Gasteiger partial charge in [-0.2, -0.15) is 0 Å². The number of benzene rings is 1. The second-order valence-corrected chi connectivity index (χ2v) is 5.09. The maximum absolute atomic E-state index is 13.0. The van der Waals surface area contributed by atoms with Crippen LogP contribution in [0, 0.1) is 5.82 Å². The number of rotatable bonds is 3. The molecule has 19 heavy (non-hydrogen) atoms. The van der Waals surface area contributed by atoms with E-state index in [9.17, 15) is 4.39 Å². The minimum Gasteiger partial charge on any atom is -0.353 e. The molecule has 0 amide bonds. The minimum absolute atomic E-state index is 0.110. The number of aliphatic imine (C=N–C) groups is 1. The lowest BCUT2D eigenvalue weighted by atomic mass is 10.2. The topological polar surface area (TPSA) is 62.4 Å². The third-order valence-corrected chi connectivity index (χ3v) is 3.53. The standard InChI is InChI=1S/C13H18ClFN4/c14-11-7-9(5-6-12(11)15)8-17-13(19-16)18-10-3-1-2-4-10/h5-7,10H,1-4,8,16H2,(H2,17,18,19). The summed E-state index contributed by atoms with van der Waals surface area (Å²) in [5, 5.41) is 3.38. The molecule has 6 heteroatoms. The van der Waals surface area contributed by atoms with Crippen molar-refractivity contribution >= 4 is 17.6 Å². The van der Waals surface area contributed by atoms with Gasteiger partial charge in [0.25, 0.3) is 0 Å². The minimum atomic E-state index is -0.421. The molecule has 4 nitrogen and oxygen atoms in total. The predicted octanol–water partition coefficient (Wildman–Crippen LogP) is 2.33. The van der Waals surface area contributed by atoms with Crippen molar-refractivity contribution in [1.29, 1.82) is 0 Å². The van der Waals surface area contributed by atoms with Gasteiger partial charge in [0.1, 0.15) is 5.82 Å². The first-order chi connectivity index (χ1) is 9.19. The van der Waals surface area contributed by atoms with Gasteiger partial charge in [0.05, 0.1) is 11.6 Å². The summed E-state index contributed by atoms with van der Waals surface area (Å²) in [6.45, 7) is 0.402. The van der Waals surface area contributed by atoms with Crippen LogP contribution in [-0.2, 0) is 6.54 Å². The fourth-order valence-electron chi connectivity index (χ4n) is 2.20. The van der Waals surface area contributed by atoms with Crippen molar-refractivity contribution in [3.63, 3.8) is 0 Å². The van der Waals surface area contributed by atoms with E-state index >= 15 is 0 Å². The molecule has 1 fully saturated rings. The Labute approximate surface area is 117 Å². The number of guanidine groups is 1. The normalized spacial score (nSPS) is 16.7. The Morgan fingerprint density at radius 2 is 2.16 bits per heavy atom. The predicted molar refractivity (Wildman–Crippen MR) is 75.3 cm³/mol. The van der Waals surface area contributed by atoms with E-state index in [-0.39, 0.29) is 5.02 Å². The van der Waals surface area contributed by atoms with Crippen molar-refractivity contribution in [3.8, 4) is 0 Å². The van der Waals surface area contributed by atoms with Gasteiger partial charge in [0.2, 0.25) is 5.96 Å². The number of nitrogens with two attached hydrogens (primary N) is 1. The number of hydrogen-bond acceptors (Lipinski definition) is 2. The fourth-order valence-corrected chi connectivity index (χ4v) is 2.41. The van der Waals surface area contributed by atoms with Crippen molar-refractivity contribution in [2.24, 2.45) is 10.8 Å². The van der Waals surface area contributed by atoms with Crippen LogP contribution < -0.4 is 16.6 Å². The second kappa shape index (κ2) is 6.73. The Bertz CT molecular complexity index is 458. The molecule has 2 rings (SSSR count). The first-order valence-corrected chi connectivity index (χ1v) is 6.78. The molecule has 0 aliphatic heterocycles. The number of halogens is 2. The highest BCUT2D eigenvalue weighted by molar-refractivity contribution is 6.30. The molecule has 0 unspecified atom stereocenters. The van der Waals surface area contributed by atoms with E-state index in [1.807, 2.05) is 0 Å². The maximum Gasteiger partial charge on any atom is 0.206 e. The van der Waals surface area contributed by atoms with Gasteiger partial charge in [-0.05, 0) is 30.5 Å². The van der Waals surface area contributed by atoms with Gasteiger partial charge in [-0.25, -0.2) is 15.2 Å².